The highest BCUT2D eigenvalue weighted by molar-refractivity contribution is 7.09. The van der Waals surface area contributed by atoms with Crippen molar-refractivity contribution in [2.45, 2.75) is 37.2 Å². The summed E-state index contributed by atoms with van der Waals surface area (Å²) in [5, 5.41) is 1.07. The van der Waals surface area contributed by atoms with Crippen LogP contribution in [0.3, 0.4) is 0 Å². The van der Waals surface area contributed by atoms with E-state index in [2.05, 4.69) is 14.3 Å². The minimum absolute atomic E-state index is 0.124. The SMILES string of the molecule is COC1(CN)CCN(c2nc(C3CC3)ns2)CC1. The Morgan fingerprint density at radius 2 is 2.17 bits per heavy atom. The molecule has 6 heteroatoms. The molecule has 0 amide bonds. The number of hydrogen-bond donors (Lipinski definition) is 1. The highest BCUT2D eigenvalue weighted by atomic mass is 32.1. The largest absolute Gasteiger partial charge is 0.377 e. The van der Waals surface area contributed by atoms with Crippen LogP contribution in [-0.2, 0) is 4.74 Å². The maximum Gasteiger partial charge on any atom is 0.205 e. The molecule has 1 saturated heterocycles. The summed E-state index contributed by atoms with van der Waals surface area (Å²) < 4.78 is 10.0. The van der Waals surface area contributed by atoms with Crippen LogP contribution in [0.5, 0.6) is 0 Å². The molecule has 18 heavy (non-hydrogen) atoms. The molecule has 100 valence electrons. The van der Waals surface area contributed by atoms with E-state index in [1.165, 1.54) is 24.4 Å². The van der Waals surface area contributed by atoms with E-state index in [1.807, 2.05) is 0 Å². The molecule has 2 aliphatic rings. The van der Waals surface area contributed by atoms with E-state index < -0.39 is 0 Å². The van der Waals surface area contributed by atoms with Crippen molar-refractivity contribution in [3.8, 4) is 0 Å². The third-order valence-corrected chi connectivity index (χ3v) is 4.91. The van der Waals surface area contributed by atoms with Crippen LogP contribution in [0.25, 0.3) is 0 Å². The van der Waals surface area contributed by atoms with Crippen molar-refractivity contribution in [1.82, 2.24) is 9.36 Å². The molecule has 0 unspecified atom stereocenters. The van der Waals surface area contributed by atoms with Crippen molar-refractivity contribution in [3.63, 3.8) is 0 Å². The topological polar surface area (TPSA) is 64.3 Å². The van der Waals surface area contributed by atoms with Crippen molar-refractivity contribution in [2.24, 2.45) is 5.73 Å². The van der Waals surface area contributed by atoms with Crippen molar-refractivity contribution in [3.05, 3.63) is 5.82 Å². The van der Waals surface area contributed by atoms with Crippen LogP contribution in [0.1, 0.15) is 37.4 Å². The summed E-state index contributed by atoms with van der Waals surface area (Å²) in [6, 6.07) is 0. The third-order valence-electron chi connectivity index (χ3n) is 4.12. The Labute approximate surface area is 112 Å². The molecule has 1 aliphatic carbocycles. The number of piperidine rings is 1. The molecule has 2 N–H and O–H groups in total. The average molecular weight is 268 g/mol. The van der Waals surface area contributed by atoms with E-state index in [0.717, 1.165) is 36.9 Å². The smallest absolute Gasteiger partial charge is 0.205 e. The molecule has 1 aromatic rings. The van der Waals surface area contributed by atoms with Crippen LogP contribution in [0, 0.1) is 0 Å². The van der Waals surface area contributed by atoms with Gasteiger partial charge in [-0.15, -0.1) is 0 Å². The molecule has 0 radical (unpaired) electrons. The Morgan fingerprint density at radius 1 is 1.44 bits per heavy atom. The Bertz CT molecular complexity index is 404. The zero-order valence-electron chi connectivity index (χ0n) is 10.8. The second kappa shape index (κ2) is 4.75. The third kappa shape index (κ3) is 2.24. The number of aromatic nitrogens is 2. The van der Waals surface area contributed by atoms with Gasteiger partial charge in [0.2, 0.25) is 5.13 Å². The van der Waals surface area contributed by atoms with Crippen LogP contribution in [0.4, 0.5) is 5.13 Å². The highest BCUT2D eigenvalue weighted by Gasteiger charge is 2.35. The van der Waals surface area contributed by atoms with Crippen molar-refractivity contribution in [2.75, 3.05) is 31.6 Å². The standard InChI is InChI=1S/C12H20N4OS/c1-17-12(8-13)4-6-16(7-5-12)11-14-10(15-18-11)9-2-3-9/h9H,2-8,13H2,1H3. The van der Waals surface area contributed by atoms with Gasteiger partial charge >= 0.3 is 0 Å². The summed E-state index contributed by atoms with van der Waals surface area (Å²) in [6.45, 7) is 2.52. The highest BCUT2D eigenvalue weighted by Crippen LogP contribution is 2.40. The first kappa shape index (κ1) is 12.3. The fourth-order valence-corrected chi connectivity index (χ4v) is 3.26. The quantitative estimate of drug-likeness (QED) is 0.893. The number of hydrogen-bond acceptors (Lipinski definition) is 6. The van der Waals surface area contributed by atoms with E-state index in [4.69, 9.17) is 10.5 Å². The van der Waals surface area contributed by atoms with Gasteiger partial charge < -0.3 is 15.4 Å². The molecular formula is C12H20N4OS. The molecule has 1 aliphatic heterocycles. The molecule has 2 fully saturated rings. The maximum absolute atomic E-state index is 5.82. The summed E-state index contributed by atoms with van der Waals surface area (Å²) in [5.41, 5.74) is 5.69. The molecule has 0 spiro atoms. The normalized spacial score (nSPS) is 23.3. The van der Waals surface area contributed by atoms with Gasteiger partial charge in [0.05, 0.1) is 5.60 Å². The first-order chi connectivity index (χ1) is 8.76. The lowest BCUT2D eigenvalue weighted by Gasteiger charge is -2.39. The van der Waals surface area contributed by atoms with Crippen molar-refractivity contribution >= 4 is 16.7 Å². The van der Waals surface area contributed by atoms with Crippen LogP contribution >= 0.6 is 11.5 Å². The predicted octanol–water partition coefficient (Wildman–Crippen LogP) is 1.36. The number of nitrogens with zero attached hydrogens (tertiary/aromatic N) is 3. The van der Waals surface area contributed by atoms with Crippen LogP contribution in [-0.4, -0.2) is 41.7 Å². The Morgan fingerprint density at radius 3 is 2.72 bits per heavy atom. The van der Waals surface area contributed by atoms with Crippen molar-refractivity contribution < 1.29 is 4.74 Å². The van der Waals surface area contributed by atoms with Gasteiger partial charge in [-0.3, -0.25) is 0 Å². The van der Waals surface area contributed by atoms with Crippen LogP contribution in [0.15, 0.2) is 0 Å². The zero-order valence-corrected chi connectivity index (χ0v) is 11.6. The van der Waals surface area contributed by atoms with E-state index in [1.54, 1.807) is 7.11 Å². The van der Waals surface area contributed by atoms with E-state index in [9.17, 15) is 0 Å². The molecule has 3 rings (SSSR count). The molecule has 5 nitrogen and oxygen atoms in total. The van der Waals surface area contributed by atoms with E-state index in [-0.39, 0.29) is 5.60 Å². The summed E-state index contributed by atoms with van der Waals surface area (Å²) in [5.74, 6) is 1.69. The van der Waals surface area contributed by atoms with E-state index >= 15 is 0 Å². The first-order valence-electron chi connectivity index (χ1n) is 6.60. The van der Waals surface area contributed by atoms with Gasteiger partial charge in [0, 0.05) is 44.2 Å². The van der Waals surface area contributed by atoms with Crippen LogP contribution < -0.4 is 10.6 Å². The lowest BCUT2D eigenvalue weighted by molar-refractivity contribution is -0.0215. The Balaban J connectivity index is 1.64. The summed E-state index contributed by atoms with van der Waals surface area (Å²) in [4.78, 5) is 6.97. The molecule has 0 aromatic carbocycles. The molecule has 2 heterocycles. The van der Waals surface area contributed by atoms with Gasteiger partial charge in [-0.2, -0.15) is 4.37 Å². The lowest BCUT2D eigenvalue weighted by Crippen LogP contribution is -2.50. The number of nitrogens with two attached hydrogens (primary N) is 1. The second-order valence-corrected chi connectivity index (χ2v) is 6.02. The molecular weight excluding hydrogens is 248 g/mol. The van der Waals surface area contributed by atoms with Gasteiger partial charge in [-0.1, -0.05) is 0 Å². The summed E-state index contributed by atoms with van der Waals surface area (Å²) in [6.07, 6.45) is 4.46. The minimum atomic E-state index is -0.124. The lowest BCUT2D eigenvalue weighted by atomic mass is 9.91. The number of methoxy groups -OCH3 is 1. The number of rotatable bonds is 4. The summed E-state index contributed by atoms with van der Waals surface area (Å²) in [7, 11) is 1.76. The molecule has 0 atom stereocenters. The minimum Gasteiger partial charge on any atom is -0.377 e. The fourth-order valence-electron chi connectivity index (χ4n) is 2.46. The predicted molar refractivity (Wildman–Crippen MR) is 72.1 cm³/mol. The van der Waals surface area contributed by atoms with Gasteiger partial charge in [-0.05, 0) is 25.7 Å². The number of anilines is 1. The van der Waals surface area contributed by atoms with Gasteiger partial charge in [-0.25, -0.2) is 4.98 Å². The first-order valence-corrected chi connectivity index (χ1v) is 7.37. The fraction of sp³-hybridized carbons (Fsp3) is 0.833. The Kier molecular flexibility index (Phi) is 3.25. The number of ether oxygens (including phenoxy) is 1. The zero-order chi connectivity index (χ0) is 12.6. The van der Waals surface area contributed by atoms with E-state index in [0.29, 0.717) is 12.5 Å². The molecule has 1 aromatic heterocycles. The average Bonchev–Trinajstić information content (AvgIpc) is 3.17. The summed E-state index contributed by atoms with van der Waals surface area (Å²) >= 11 is 1.53. The Hall–Kier alpha value is -0.720. The van der Waals surface area contributed by atoms with Crippen molar-refractivity contribution in [1.29, 1.82) is 0 Å². The maximum atomic E-state index is 5.82. The van der Waals surface area contributed by atoms with Gasteiger partial charge in [0.1, 0.15) is 5.82 Å². The second-order valence-electron chi connectivity index (χ2n) is 5.29. The van der Waals surface area contributed by atoms with Gasteiger partial charge in [0.15, 0.2) is 0 Å². The van der Waals surface area contributed by atoms with Crippen LogP contribution in [0.2, 0.25) is 0 Å². The molecule has 0 bridgehead atoms. The van der Waals surface area contributed by atoms with Gasteiger partial charge in [0.25, 0.3) is 0 Å². The molecule has 1 saturated carbocycles. The monoisotopic (exact) mass is 268 g/mol.